The Kier molecular flexibility index (Phi) is 5.63. The summed E-state index contributed by atoms with van der Waals surface area (Å²) in [6, 6.07) is 17.9. The fourth-order valence-electron chi connectivity index (χ4n) is 2.37. The first kappa shape index (κ1) is 17.4. The third-order valence-electron chi connectivity index (χ3n) is 3.58. The highest BCUT2D eigenvalue weighted by Crippen LogP contribution is 2.28. The van der Waals surface area contributed by atoms with Gasteiger partial charge in [-0.05, 0) is 40.5 Å². The molecular formula is C19H19BrN4O. The topological polar surface area (TPSA) is 70.1 Å². The minimum atomic E-state index is 0.0190. The van der Waals surface area contributed by atoms with Gasteiger partial charge in [-0.2, -0.15) is 4.98 Å². The number of rotatable bonds is 6. The van der Waals surface area contributed by atoms with Crippen molar-refractivity contribution in [1.29, 1.82) is 0 Å². The zero-order valence-corrected chi connectivity index (χ0v) is 15.4. The lowest BCUT2D eigenvalue weighted by molar-refractivity contribution is 0.311. The summed E-state index contributed by atoms with van der Waals surface area (Å²) >= 11 is 3.57. The number of anilines is 3. The zero-order chi connectivity index (χ0) is 17.6. The van der Waals surface area contributed by atoms with E-state index in [0.29, 0.717) is 18.3 Å². The van der Waals surface area contributed by atoms with Gasteiger partial charge in [0, 0.05) is 22.6 Å². The van der Waals surface area contributed by atoms with E-state index in [-0.39, 0.29) is 6.61 Å². The van der Waals surface area contributed by atoms with Gasteiger partial charge in [-0.15, -0.1) is 0 Å². The molecule has 0 saturated heterocycles. The number of benzene rings is 2. The maximum atomic E-state index is 9.04. The molecule has 0 spiro atoms. The van der Waals surface area contributed by atoms with Gasteiger partial charge in [-0.3, -0.25) is 0 Å². The lowest BCUT2D eigenvalue weighted by atomic mass is 10.1. The van der Waals surface area contributed by atoms with E-state index in [4.69, 9.17) is 5.11 Å². The molecule has 1 aromatic heterocycles. The van der Waals surface area contributed by atoms with Crippen LogP contribution in [0.5, 0.6) is 0 Å². The number of aryl methyl sites for hydroxylation is 1. The Morgan fingerprint density at radius 1 is 1.04 bits per heavy atom. The standard InChI is InChI=1S/C19H19BrN4O/c1-13-7-8-16(15(20)11-13)22-18-12-17(14-5-3-2-4-6-14)23-19(24-18)21-9-10-25/h2-8,11-12,25H,9-10H2,1H3,(H2,21,22,23,24). The van der Waals surface area contributed by atoms with Crippen LogP contribution in [0.2, 0.25) is 0 Å². The van der Waals surface area contributed by atoms with Gasteiger partial charge in [-0.25, -0.2) is 4.98 Å². The van der Waals surface area contributed by atoms with E-state index >= 15 is 0 Å². The predicted octanol–water partition coefficient (Wildman–Crippen LogP) is 4.36. The van der Waals surface area contributed by atoms with Crippen LogP contribution < -0.4 is 10.6 Å². The molecule has 3 aromatic rings. The van der Waals surface area contributed by atoms with E-state index < -0.39 is 0 Å². The molecule has 1 heterocycles. The van der Waals surface area contributed by atoms with Crippen molar-refractivity contribution in [2.45, 2.75) is 6.92 Å². The van der Waals surface area contributed by atoms with E-state index in [1.807, 2.05) is 61.5 Å². The summed E-state index contributed by atoms with van der Waals surface area (Å²) in [7, 11) is 0. The third kappa shape index (κ3) is 4.55. The molecule has 0 aliphatic heterocycles. The number of nitrogens with zero attached hydrogens (tertiary/aromatic N) is 2. The van der Waals surface area contributed by atoms with E-state index in [0.717, 1.165) is 21.4 Å². The molecule has 0 radical (unpaired) electrons. The number of hydrogen-bond acceptors (Lipinski definition) is 5. The van der Waals surface area contributed by atoms with Crippen molar-refractivity contribution in [2.75, 3.05) is 23.8 Å². The van der Waals surface area contributed by atoms with Gasteiger partial charge in [0.25, 0.3) is 0 Å². The molecule has 0 amide bonds. The van der Waals surface area contributed by atoms with Crippen molar-refractivity contribution in [1.82, 2.24) is 9.97 Å². The fraction of sp³-hybridized carbons (Fsp3) is 0.158. The molecule has 25 heavy (non-hydrogen) atoms. The number of hydrogen-bond donors (Lipinski definition) is 3. The lowest BCUT2D eigenvalue weighted by Gasteiger charge is -2.12. The molecule has 0 atom stereocenters. The summed E-state index contributed by atoms with van der Waals surface area (Å²) in [4.78, 5) is 9.02. The van der Waals surface area contributed by atoms with Crippen molar-refractivity contribution >= 4 is 33.4 Å². The molecule has 2 aromatic carbocycles. The molecule has 0 aliphatic carbocycles. The van der Waals surface area contributed by atoms with Gasteiger partial charge in [0.1, 0.15) is 5.82 Å². The van der Waals surface area contributed by atoms with Crippen LogP contribution in [0, 0.1) is 6.92 Å². The Labute approximate surface area is 155 Å². The molecule has 5 nitrogen and oxygen atoms in total. The van der Waals surface area contributed by atoms with Gasteiger partial charge in [0.15, 0.2) is 0 Å². The average Bonchev–Trinajstić information content (AvgIpc) is 2.63. The molecular weight excluding hydrogens is 380 g/mol. The molecule has 3 rings (SSSR count). The third-order valence-corrected chi connectivity index (χ3v) is 4.23. The molecule has 6 heteroatoms. The van der Waals surface area contributed by atoms with Crippen molar-refractivity contribution < 1.29 is 5.11 Å². The number of aliphatic hydroxyl groups excluding tert-OH is 1. The van der Waals surface area contributed by atoms with Gasteiger partial charge in [0.2, 0.25) is 5.95 Å². The minimum absolute atomic E-state index is 0.0190. The second-order valence-electron chi connectivity index (χ2n) is 5.59. The first-order valence-electron chi connectivity index (χ1n) is 7.98. The minimum Gasteiger partial charge on any atom is -0.395 e. The van der Waals surface area contributed by atoms with Crippen LogP contribution in [0.25, 0.3) is 11.3 Å². The highest BCUT2D eigenvalue weighted by molar-refractivity contribution is 9.10. The SMILES string of the molecule is Cc1ccc(Nc2cc(-c3ccccc3)nc(NCCO)n2)c(Br)c1. The summed E-state index contributed by atoms with van der Waals surface area (Å²) < 4.78 is 0.970. The molecule has 0 bridgehead atoms. The summed E-state index contributed by atoms with van der Waals surface area (Å²) in [6.45, 7) is 2.46. The number of aliphatic hydroxyl groups is 1. The molecule has 3 N–H and O–H groups in total. The van der Waals surface area contributed by atoms with Crippen molar-refractivity contribution in [3.8, 4) is 11.3 Å². The smallest absolute Gasteiger partial charge is 0.225 e. The van der Waals surface area contributed by atoms with Gasteiger partial charge in [-0.1, -0.05) is 36.4 Å². The number of aromatic nitrogens is 2. The van der Waals surface area contributed by atoms with Crippen LogP contribution in [-0.2, 0) is 0 Å². The lowest BCUT2D eigenvalue weighted by Crippen LogP contribution is -2.10. The fourth-order valence-corrected chi connectivity index (χ4v) is 2.97. The summed E-state index contributed by atoms with van der Waals surface area (Å²) in [5.41, 5.74) is 3.91. The normalized spacial score (nSPS) is 10.5. The average molecular weight is 399 g/mol. The Morgan fingerprint density at radius 2 is 1.84 bits per heavy atom. The predicted molar refractivity (Wildman–Crippen MR) is 105 cm³/mol. The van der Waals surface area contributed by atoms with Gasteiger partial charge >= 0.3 is 0 Å². The molecule has 0 saturated carbocycles. The van der Waals surface area contributed by atoms with Crippen LogP contribution in [0.15, 0.2) is 59.1 Å². The molecule has 128 valence electrons. The Balaban J connectivity index is 1.96. The van der Waals surface area contributed by atoms with E-state index in [9.17, 15) is 0 Å². The van der Waals surface area contributed by atoms with Crippen LogP contribution in [0.1, 0.15) is 5.56 Å². The molecule has 0 fully saturated rings. The maximum absolute atomic E-state index is 9.04. The van der Waals surface area contributed by atoms with E-state index in [1.165, 1.54) is 5.56 Å². The summed E-state index contributed by atoms with van der Waals surface area (Å²) in [5, 5.41) is 15.4. The van der Waals surface area contributed by atoms with Gasteiger partial charge in [0.05, 0.1) is 18.0 Å². The second kappa shape index (κ2) is 8.09. The Morgan fingerprint density at radius 3 is 2.56 bits per heavy atom. The van der Waals surface area contributed by atoms with Gasteiger partial charge < -0.3 is 15.7 Å². The van der Waals surface area contributed by atoms with Crippen LogP contribution in [-0.4, -0.2) is 28.2 Å². The maximum Gasteiger partial charge on any atom is 0.225 e. The monoisotopic (exact) mass is 398 g/mol. The summed E-state index contributed by atoms with van der Waals surface area (Å²) in [6.07, 6.45) is 0. The van der Waals surface area contributed by atoms with Crippen LogP contribution >= 0.6 is 15.9 Å². The molecule has 0 aliphatic rings. The summed E-state index contributed by atoms with van der Waals surface area (Å²) in [5.74, 6) is 1.15. The first-order chi connectivity index (χ1) is 12.2. The van der Waals surface area contributed by atoms with Crippen LogP contribution in [0.4, 0.5) is 17.5 Å². The van der Waals surface area contributed by atoms with Crippen molar-refractivity contribution in [2.24, 2.45) is 0 Å². The van der Waals surface area contributed by atoms with Crippen LogP contribution in [0.3, 0.4) is 0 Å². The van der Waals surface area contributed by atoms with Crippen molar-refractivity contribution in [3.05, 3.63) is 64.6 Å². The largest absolute Gasteiger partial charge is 0.395 e. The Hall–Kier alpha value is -2.44. The van der Waals surface area contributed by atoms with Crippen molar-refractivity contribution in [3.63, 3.8) is 0 Å². The highest BCUT2D eigenvalue weighted by Gasteiger charge is 2.08. The second-order valence-corrected chi connectivity index (χ2v) is 6.44. The Bertz CT molecular complexity index is 855. The van der Waals surface area contributed by atoms with E-state index in [1.54, 1.807) is 0 Å². The van der Waals surface area contributed by atoms with E-state index in [2.05, 4.69) is 36.5 Å². The first-order valence-corrected chi connectivity index (χ1v) is 8.77. The molecule has 0 unspecified atom stereocenters. The quantitative estimate of drug-likeness (QED) is 0.575. The highest BCUT2D eigenvalue weighted by atomic mass is 79.9. The number of halogens is 1. The number of nitrogens with one attached hydrogen (secondary N) is 2. The zero-order valence-electron chi connectivity index (χ0n) is 13.8.